The first kappa shape index (κ1) is 13.3. The van der Waals surface area contributed by atoms with Gasteiger partial charge in [-0.1, -0.05) is 15.9 Å². The second-order valence-corrected chi connectivity index (χ2v) is 5.93. The number of hydrogen-bond acceptors (Lipinski definition) is 2. The summed E-state index contributed by atoms with van der Waals surface area (Å²) in [6.07, 6.45) is 0.925. The maximum atomic E-state index is 13.3. The molecule has 1 aromatic carbocycles. The minimum atomic E-state index is -0.315. The van der Waals surface area contributed by atoms with Gasteiger partial charge >= 0.3 is 0 Å². The number of halogens is 3. The van der Waals surface area contributed by atoms with Gasteiger partial charge in [-0.2, -0.15) is 0 Å². The summed E-state index contributed by atoms with van der Waals surface area (Å²) in [6, 6.07) is 4.77. The van der Waals surface area contributed by atoms with Crippen molar-refractivity contribution >= 4 is 31.9 Å². The summed E-state index contributed by atoms with van der Waals surface area (Å²) in [6.45, 7) is 2.61. The van der Waals surface area contributed by atoms with Crippen LogP contribution in [-0.4, -0.2) is 23.6 Å². The summed E-state index contributed by atoms with van der Waals surface area (Å²) < 4.78 is 25.0. The molecule has 1 aliphatic rings. The predicted octanol–water partition coefficient (Wildman–Crippen LogP) is 3.91. The SMILES string of the molecule is CCOC1C(Br)CC1Oc1ccc(Br)c(F)c1. The zero-order valence-corrected chi connectivity index (χ0v) is 12.5. The Labute approximate surface area is 117 Å². The lowest BCUT2D eigenvalue weighted by Gasteiger charge is -2.40. The van der Waals surface area contributed by atoms with Crippen LogP contribution in [0.3, 0.4) is 0 Å². The van der Waals surface area contributed by atoms with Gasteiger partial charge in [-0.15, -0.1) is 0 Å². The third kappa shape index (κ3) is 3.01. The molecule has 1 aromatic rings. The normalized spacial score (nSPS) is 27.6. The molecular weight excluding hydrogens is 355 g/mol. The Morgan fingerprint density at radius 1 is 1.47 bits per heavy atom. The summed E-state index contributed by atoms with van der Waals surface area (Å²) >= 11 is 6.63. The van der Waals surface area contributed by atoms with Crippen LogP contribution < -0.4 is 4.74 Å². The minimum Gasteiger partial charge on any atom is -0.488 e. The van der Waals surface area contributed by atoms with Gasteiger partial charge in [0.15, 0.2) is 0 Å². The molecule has 2 rings (SSSR count). The van der Waals surface area contributed by atoms with E-state index in [1.54, 1.807) is 12.1 Å². The van der Waals surface area contributed by atoms with E-state index in [1.807, 2.05) is 6.92 Å². The van der Waals surface area contributed by atoms with E-state index in [9.17, 15) is 4.39 Å². The Morgan fingerprint density at radius 2 is 2.24 bits per heavy atom. The van der Waals surface area contributed by atoms with Crippen molar-refractivity contribution in [3.8, 4) is 5.75 Å². The molecule has 2 nitrogen and oxygen atoms in total. The van der Waals surface area contributed by atoms with Crippen LogP contribution in [0.15, 0.2) is 22.7 Å². The van der Waals surface area contributed by atoms with Crippen molar-refractivity contribution in [3.63, 3.8) is 0 Å². The Kier molecular flexibility index (Phi) is 4.44. The highest BCUT2D eigenvalue weighted by Crippen LogP contribution is 2.34. The first-order valence-electron chi connectivity index (χ1n) is 5.49. The smallest absolute Gasteiger partial charge is 0.141 e. The number of benzene rings is 1. The van der Waals surface area contributed by atoms with Crippen LogP contribution in [0, 0.1) is 5.82 Å². The Bertz CT molecular complexity index is 400. The van der Waals surface area contributed by atoms with E-state index >= 15 is 0 Å². The molecule has 0 aromatic heterocycles. The Hall–Kier alpha value is -0.130. The van der Waals surface area contributed by atoms with Crippen LogP contribution in [0.1, 0.15) is 13.3 Å². The van der Waals surface area contributed by atoms with Crippen LogP contribution in [-0.2, 0) is 4.74 Å². The fourth-order valence-corrected chi connectivity index (χ4v) is 2.88. The molecule has 94 valence electrons. The van der Waals surface area contributed by atoms with Crippen LogP contribution >= 0.6 is 31.9 Å². The standard InChI is InChI=1S/C12H13Br2FO2/c1-2-16-12-9(14)6-11(12)17-7-3-4-8(13)10(15)5-7/h3-5,9,11-12H,2,6H2,1H3. The van der Waals surface area contributed by atoms with E-state index in [1.165, 1.54) is 6.07 Å². The third-order valence-corrected chi connectivity index (χ3v) is 4.26. The van der Waals surface area contributed by atoms with E-state index in [4.69, 9.17) is 9.47 Å². The number of ether oxygens (including phenoxy) is 2. The maximum absolute atomic E-state index is 13.3. The molecule has 0 spiro atoms. The lowest BCUT2D eigenvalue weighted by molar-refractivity contribution is -0.0724. The summed E-state index contributed by atoms with van der Waals surface area (Å²) in [5.74, 6) is 0.227. The molecule has 0 bridgehead atoms. The molecule has 5 heteroatoms. The van der Waals surface area contributed by atoms with Gasteiger partial charge in [0.05, 0.1) is 4.47 Å². The van der Waals surface area contributed by atoms with Crippen molar-refractivity contribution in [3.05, 3.63) is 28.5 Å². The van der Waals surface area contributed by atoms with Crippen LogP contribution in [0.2, 0.25) is 0 Å². The average molecular weight is 368 g/mol. The van der Waals surface area contributed by atoms with Crippen LogP contribution in [0.5, 0.6) is 5.75 Å². The van der Waals surface area contributed by atoms with E-state index in [0.717, 1.165) is 6.42 Å². The third-order valence-electron chi connectivity index (χ3n) is 2.72. The van der Waals surface area contributed by atoms with Crippen LogP contribution in [0.25, 0.3) is 0 Å². The molecule has 1 aliphatic carbocycles. The molecule has 3 unspecified atom stereocenters. The van der Waals surface area contributed by atoms with Gasteiger partial charge in [-0.25, -0.2) is 4.39 Å². The Morgan fingerprint density at radius 3 is 2.82 bits per heavy atom. The molecule has 3 atom stereocenters. The minimum absolute atomic E-state index is 0.0000921. The van der Waals surface area contributed by atoms with Crippen molar-refractivity contribution in [1.82, 2.24) is 0 Å². The fourth-order valence-electron chi connectivity index (χ4n) is 1.77. The van der Waals surface area contributed by atoms with E-state index < -0.39 is 0 Å². The first-order chi connectivity index (χ1) is 8.11. The molecule has 1 fully saturated rings. The molecular formula is C12H13Br2FO2. The lowest BCUT2D eigenvalue weighted by Crippen LogP contribution is -2.52. The van der Waals surface area contributed by atoms with Crippen molar-refractivity contribution in [2.45, 2.75) is 30.4 Å². The van der Waals surface area contributed by atoms with Crippen LogP contribution in [0.4, 0.5) is 4.39 Å². The van der Waals surface area contributed by atoms with Crippen molar-refractivity contribution in [2.75, 3.05) is 6.61 Å². The highest BCUT2D eigenvalue weighted by molar-refractivity contribution is 9.10. The van der Waals surface area contributed by atoms with Gasteiger partial charge in [0.2, 0.25) is 0 Å². The van der Waals surface area contributed by atoms with Gasteiger partial charge in [-0.05, 0) is 35.0 Å². The molecule has 0 amide bonds. The lowest BCUT2D eigenvalue weighted by atomic mass is 9.91. The number of hydrogen-bond donors (Lipinski definition) is 0. The predicted molar refractivity (Wildman–Crippen MR) is 71.3 cm³/mol. The van der Waals surface area contributed by atoms with Gasteiger partial charge in [0, 0.05) is 23.9 Å². The van der Waals surface area contributed by atoms with Gasteiger partial charge in [0.1, 0.15) is 23.8 Å². The molecule has 0 radical (unpaired) electrons. The van der Waals surface area contributed by atoms with E-state index in [2.05, 4.69) is 31.9 Å². The number of rotatable bonds is 4. The largest absolute Gasteiger partial charge is 0.488 e. The maximum Gasteiger partial charge on any atom is 0.141 e. The van der Waals surface area contributed by atoms with Crippen molar-refractivity contribution in [2.24, 2.45) is 0 Å². The van der Waals surface area contributed by atoms with Crippen molar-refractivity contribution in [1.29, 1.82) is 0 Å². The quantitative estimate of drug-likeness (QED) is 0.751. The van der Waals surface area contributed by atoms with Gasteiger partial charge < -0.3 is 9.47 Å². The highest BCUT2D eigenvalue weighted by atomic mass is 79.9. The van der Waals surface area contributed by atoms with E-state index in [-0.39, 0.29) is 18.0 Å². The molecule has 17 heavy (non-hydrogen) atoms. The van der Waals surface area contributed by atoms with Crippen molar-refractivity contribution < 1.29 is 13.9 Å². The molecule has 0 saturated heterocycles. The fraction of sp³-hybridized carbons (Fsp3) is 0.500. The topological polar surface area (TPSA) is 18.5 Å². The molecule has 0 N–H and O–H groups in total. The highest BCUT2D eigenvalue weighted by Gasteiger charge is 2.42. The van der Waals surface area contributed by atoms with Gasteiger partial charge in [0.25, 0.3) is 0 Å². The second-order valence-electron chi connectivity index (χ2n) is 3.90. The first-order valence-corrected chi connectivity index (χ1v) is 7.20. The monoisotopic (exact) mass is 366 g/mol. The Balaban J connectivity index is 1.99. The summed E-state index contributed by atoms with van der Waals surface area (Å²) in [5, 5.41) is 0. The zero-order valence-electron chi connectivity index (χ0n) is 9.33. The summed E-state index contributed by atoms with van der Waals surface area (Å²) in [4.78, 5) is 0.327. The summed E-state index contributed by atoms with van der Waals surface area (Å²) in [5.41, 5.74) is 0. The summed E-state index contributed by atoms with van der Waals surface area (Å²) in [7, 11) is 0. The van der Waals surface area contributed by atoms with E-state index in [0.29, 0.717) is 21.7 Å². The second kappa shape index (κ2) is 5.67. The molecule has 0 aliphatic heterocycles. The average Bonchev–Trinajstić information content (AvgIpc) is 2.30. The molecule has 1 saturated carbocycles. The number of alkyl halides is 1. The van der Waals surface area contributed by atoms with Gasteiger partial charge in [-0.3, -0.25) is 0 Å². The molecule has 0 heterocycles. The zero-order chi connectivity index (χ0) is 12.4.